The Labute approximate surface area is 115 Å². The van der Waals surface area contributed by atoms with Gasteiger partial charge in [-0.2, -0.15) is 0 Å². The molecule has 19 heavy (non-hydrogen) atoms. The lowest BCUT2D eigenvalue weighted by atomic mass is 10.1. The van der Waals surface area contributed by atoms with E-state index in [4.69, 9.17) is 0 Å². The molecule has 3 heteroatoms. The van der Waals surface area contributed by atoms with Gasteiger partial charge in [0.2, 0.25) is 5.91 Å². The molecule has 0 bridgehead atoms. The molecular formula is C16H22N2O. The summed E-state index contributed by atoms with van der Waals surface area (Å²) >= 11 is 0. The summed E-state index contributed by atoms with van der Waals surface area (Å²) in [5.41, 5.74) is 2.32. The van der Waals surface area contributed by atoms with E-state index in [-0.39, 0.29) is 11.4 Å². The number of carbonyl (C=O) groups is 1. The van der Waals surface area contributed by atoms with Crippen LogP contribution in [0.25, 0.3) is 0 Å². The lowest BCUT2D eigenvalue weighted by Crippen LogP contribution is -2.35. The van der Waals surface area contributed by atoms with Gasteiger partial charge in [0.25, 0.3) is 0 Å². The van der Waals surface area contributed by atoms with Crippen molar-refractivity contribution in [3.05, 3.63) is 35.4 Å². The molecule has 0 aromatic heterocycles. The molecule has 0 aliphatic rings. The molecule has 0 spiro atoms. The van der Waals surface area contributed by atoms with Gasteiger partial charge in [-0.3, -0.25) is 4.79 Å². The summed E-state index contributed by atoms with van der Waals surface area (Å²) in [4.78, 5) is 10.7. The molecule has 1 amide bonds. The van der Waals surface area contributed by atoms with E-state index in [0.717, 1.165) is 12.1 Å². The van der Waals surface area contributed by atoms with Gasteiger partial charge in [-0.1, -0.05) is 24.0 Å². The summed E-state index contributed by atoms with van der Waals surface area (Å²) in [7, 11) is 0. The van der Waals surface area contributed by atoms with Crippen molar-refractivity contribution in [2.75, 3.05) is 6.54 Å². The first-order valence-corrected chi connectivity index (χ1v) is 6.44. The normalized spacial score (nSPS) is 10.5. The van der Waals surface area contributed by atoms with Crippen molar-refractivity contribution in [1.29, 1.82) is 0 Å². The van der Waals surface area contributed by atoms with Crippen LogP contribution >= 0.6 is 0 Å². The van der Waals surface area contributed by atoms with E-state index in [2.05, 4.69) is 55.4 Å². The minimum absolute atomic E-state index is 0.0575. The average molecular weight is 258 g/mol. The number of hydrogen-bond acceptors (Lipinski definition) is 2. The largest absolute Gasteiger partial charge is 0.345 e. The Morgan fingerprint density at radius 1 is 1.21 bits per heavy atom. The second-order valence-corrected chi connectivity index (χ2v) is 5.51. The third-order valence-electron chi connectivity index (χ3n) is 2.44. The van der Waals surface area contributed by atoms with E-state index in [1.165, 1.54) is 12.5 Å². The van der Waals surface area contributed by atoms with Gasteiger partial charge in [0, 0.05) is 24.6 Å². The van der Waals surface area contributed by atoms with Crippen LogP contribution in [0.4, 0.5) is 0 Å². The zero-order valence-electron chi connectivity index (χ0n) is 12.1. The molecule has 3 nitrogen and oxygen atoms in total. The predicted molar refractivity (Wildman–Crippen MR) is 78.6 cm³/mol. The number of rotatable bonds is 3. The zero-order chi connectivity index (χ0) is 14.3. The molecule has 0 aliphatic carbocycles. The highest BCUT2D eigenvalue weighted by atomic mass is 16.1. The lowest BCUT2D eigenvalue weighted by molar-refractivity contribution is -0.118. The van der Waals surface area contributed by atoms with E-state index in [9.17, 15) is 4.79 Å². The van der Waals surface area contributed by atoms with Gasteiger partial charge < -0.3 is 10.6 Å². The number of hydrogen-bond donors (Lipinski definition) is 2. The molecule has 2 N–H and O–H groups in total. The summed E-state index contributed by atoms with van der Waals surface area (Å²) in [6, 6.07) is 8.14. The van der Waals surface area contributed by atoms with E-state index < -0.39 is 0 Å². The number of carbonyl (C=O) groups excluding carboxylic acids is 1. The molecule has 1 rings (SSSR count). The second-order valence-electron chi connectivity index (χ2n) is 5.51. The smallest absolute Gasteiger partial charge is 0.217 e. The van der Waals surface area contributed by atoms with Crippen molar-refractivity contribution < 1.29 is 4.79 Å². The molecule has 0 saturated heterocycles. The molecule has 0 fully saturated rings. The van der Waals surface area contributed by atoms with Crippen molar-refractivity contribution in [1.82, 2.24) is 10.6 Å². The van der Waals surface area contributed by atoms with Crippen molar-refractivity contribution in [3.8, 4) is 11.8 Å². The molecule has 0 atom stereocenters. The summed E-state index contributed by atoms with van der Waals surface area (Å²) in [5.74, 6) is 5.87. The van der Waals surface area contributed by atoms with Crippen LogP contribution in [-0.4, -0.2) is 18.0 Å². The Kier molecular flexibility index (Phi) is 5.59. The van der Waals surface area contributed by atoms with Gasteiger partial charge in [-0.05, 0) is 38.5 Å². The maximum absolute atomic E-state index is 10.7. The molecule has 0 heterocycles. The third kappa shape index (κ3) is 7.28. The van der Waals surface area contributed by atoms with E-state index in [0.29, 0.717) is 6.54 Å². The van der Waals surface area contributed by atoms with Gasteiger partial charge in [0.1, 0.15) is 0 Å². The Morgan fingerprint density at radius 3 is 2.37 bits per heavy atom. The molecule has 0 aliphatic heterocycles. The SMILES string of the molecule is CC(=O)NCC#Cc1ccc(CNC(C)(C)C)cc1. The monoisotopic (exact) mass is 258 g/mol. The fraction of sp³-hybridized carbons (Fsp3) is 0.438. The summed E-state index contributed by atoms with van der Waals surface area (Å²) in [6.45, 7) is 9.17. The first kappa shape index (κ1) is 15.3. The minimum Gasteiger partial charge on any atom is -0.345 e. The summed E-state index contributed by atoms with van der Waals surface area (Å²) < 4.78 is 0. The summed E-state index contributed by atoms with van der Waals surface area (Å²) in [6.07, 6.45) is 0. The van der Waals surface area contributed by atoms with Crippen LogP contribution in [0.2, 0.25) is 0 Å². The Balaban J connectivity index is 2.49. The van der Waals surface area contributed by atoms with Crippen LogP contribution < -0.4 is 10.6 Å². The van der Waals surface area contributed by atoms with E-state index in [1.807, 2.05) is 12.1 Å². The van der Waals surface area contributed by atoms with Gasteiger partial charge >= 0.3 is 0 Å². The molecule has 0 unspecified atom stereocenters. The molecule has 1 aromatic carbocycles. The highest BCUT2D eigenvalue weighted by Crippen LogP contribution is 2.06. The molecular weight excluding hydrogens is 236 g/mol. The van der Waals surface area contributed by atoms with Crippen LogP contribution in [0.5, 0.6) is 0 Å². The number of nitrogens with one attached hydrogen (secondary N) is 2. The molecule has 0 saturated carbocycles. The minimum atomic E-state index is -0.0575. The van der Waals surface area contributed by atoms with Crippen molar-refractivity contribution in [2.45, 2.75) is 39.8 Å². The lowest BCUT2D eigenvalue weighted by Gasteiger charge is -2.20. The highest BCUT2D eigenvalue weighted by Gasteiger charge is 2.07. The highest BCUT2D eigenvalue weighted by molar-refractivity contribution is 5.73. The maximum atomic E-state index is 10.7. The first-order valence-electron chi connectivity index (χ1n) is 6.44. The van der Waals surface area contributed by atoms with Crippen LogP contribution in [0.15, 0.2) is 24.3 Å². The van der Waals surface area contributed by atoms with Crippen LogP contribution in [0, 0.1) is 11.8 Å². The Morgan fingerprint density at radius 2 is 1.84 bits per heavy atom. The molecule has 0 radical (unpaired) electrons. The van der Waals surface area contributed by atoms with Gasteiger partial charge in [-0.15, -0.1) is 0 Å². The van der Waals surface area contributed by atoms with Crippen LogP contribution in [0.1, 0.15) is 38.8 Å². The number of benzene rings is 1. The van der Waals surface area contributed by atoms with Gasteiger partial charge in [0.15, 0.2) is 0 Å². The van der Waals surface area contributed by atoms with Crippen LogP contribution in [0.3, 0.4) is 0 Å². The van der Waals surface area contributed by atoms with E-state index >= 15 is 0 Å². The predicted octanol–water partition coefficient (Wildman–Crippen LogP) is 2.06. The molecule has 1 aromatic rings. The third-order valence-corrected chi connectivity index (χ3v) is 2.44. The topological polar surface area (TPSA) is 41.1 Å². The zero-order valence-corrected chi connectivity index (χ0v) is 12.1. The second kappa shape index (κ2) is 6.96. The van der Waals surface area contributed by atoms with Gasteiger partial charge in [0.05, 0.1) is 6.54 Å². The fourth-order valence-corrected chi connectivity index (χ4v) is 1.39. The summed E-state index contributed by atoms with van der Waals surface area (Å²) in [5, 5.41) is 6.08. The van der Waals surface area contributed by atoms with Crippen LogP contribution in [-0.2, 0) is 11.3 Å². The standard InChI is InChI=1S/C16H22N2O/c1-13(19)17-11-5-6-14-7-9-15(10-8-14)12-18-16(2,3)4/h7-10,18H,11-12H2,1-4H3,(H,17,19). The van der Waals surface area contributed by atoms with Gasteiger partial charge in [-0.25, -0.2) is 0 Å². The van der Waals surface area contributed by atoms with Crippen molar-refractivity contribution in [3.63, 3.8) is 0 Å². The Hall–Kier alpha value is -1.79. The van der Waals surface area contributed by atoms with Crippen molar-refractivity contribution in [2.24, 2.45) is 0 Å². The first-order chi connectivity index (χ1) is 8.87. The van der Waals surface area contributed by atoms with E-state index in [1.54, 1.807) is 0 Å². The fourth-order valence-electron chi connectivity index (χ4n) is 1.39. The quantitative estimate of drug-likeness (QED) is 0.815. The average Bonchev–Trinajstić information content (AvgIpc) is 2.32. The van der Waals surface area contributed by atoms with Crippen molar-refractivity contribution >= 4 is 5.91 Å². The molecule has 102 valence electrons. The Bertz CT molecular complexity index is 472. The number of amides is 1. The maximum Gasteiger partial charge on any atom is 0.217 e.